The minimum absolute atomic E-state index is 0.0101. The van der Waals surface area contributed by atoms with Crippen molar-refractivity contribution in [2.45, 2.75) is 103 Å². The number of carbonyl (C=O) groups excluding carboxylic acids is 2. The summed E-state index contributed by atoms with van der Waals surface area (Å²) in [5, 5.41) is 23.7. The number of ether oxygens (including phenoxy) is 2. The molecule has 0 aromatic carbocycles. The highest BCUT2D eigenvalue weighted by atomic mass is 16.6. The molecule has 5 fully saturated rings. The van der Waals surface area contributed by atoms with E-state index in [1.165, 1.54) is 0 Å². The number of hydrogen-bond acceptors (Lipinski definition) is 6. The molecule has 0 aromatic rings. The van der Waals surface area contributed by atoms with Crippen LogP contribution in [0.1, 0.15) is 73.1 Å². The molecule has 34 heavy (non-hydrogen) atoms. The zero-order valence-electron chi connectivity index (χ0n) is 21.1. The van der Waals surface area contributed by atoms with Gasteiger partial charge in [-0.05, 0) is 93.5 Å². The van der Waals surface area contributed by atoms with Crippen LogP contribution in [0, 0.1) is 46.3 Å². The van der Waals surface area contributed by atoms with Crippen LogP contribution >= 0.6 is 0 Å². The SMILES string of the molecule is CC1CC(C(C)(O)C2CCC3C4C5OC5C5(O)CC=CC(=O)C5(C)C4CCC32C)OC(=O)C1C. The standard InChI is InChI=1S/C28H40O6/c1-14-13-20(33-24(30)15(14)2)27(5,31)18-9-8-16-21-17(10-12-25(16,18)3)26(4)19(29)7-6-11-28(26,32)23-22(21)34-23/h6-7,14-18,20-23,31-32H,8-13H2,1-5H3. The van der Waals surface area contributed by atoms with Crippen molar-refractivity contribution in [1.82, 2.24) is 0 Å². The van der Waals surface area contributed by atoms with E-state index in [1.807, 2.05) is 26.8 Å². The fourth-order valence-electron chi connectivity index (χ4n) is 9.60. The minimum atomic E-state index is -1.12. The molecule has 2 saturated heterocycles. The topological polar surface area (TPSA) is 96.4 Å². The van der Waals surface area contributed by atoms with E-state index in [0.717, 1.165) is 25.7 Å². The second-order valence-corrected chi connectivity index (χ2v) is 13.2. The first kappa shape index (κ1) is 23.2. The van der Waals surface area contributed by atoms with Gasteiger partial charge in [0.15, 0.2) is 5.78 Å². The van der Waals surface area contributed by atoms with Crippen LogP contribution in [0.3, 0.4) is 0 Å². The van der Waals surface area contributed by atoms with Crippen molar-refractivity contribution < 1.29 is 29.3 Å². The van der Waals surface area contributed by atoms with E-state index in [4.69, 9.17) is 9.47 Å². The van der Waals surface area contributed by atoms with E-state index in [9.17, 15) is 19.8 Å². The molecule has 3 saturated carbocycles. The molecule has 4 aliphatic carbocycles. The van der Waals surface area contributed by atoms with Crippen LogP contribution in [-0.2, 0) is 19.1 Å². The second kappa shape index (κ2) is 6.95. The van der Waals surface area contributed by atoms with Gasteiger partial charge in [-0.3, -0.25) is 9.59 Å². The van der Waals surface area contributed by atoms with Crippen LogP contribution in [0.4, 0.5) is 0 Å². The lowest BCUT2D eigenvalue weighted by Crippen LogP contribution is -2.67. The molecule has 188 valence electrons. The Morgan fingerprint density at radius 3 is 2.56 bits per heavy atom. The number of esters is 1. The Morgan fingerprint density at radius 1 is 1.12 bits per heavy atom. The average molecular weight is 473 g/mol. The maximum atomic E-state index is 13.3. The molecule has 6 heteroatoms. The highest BCUT2D eigenvalue weighted by Gasteiger charge is 2.78. The van der Waals surface area contributed by atoms with Gasteiger partial charge >= 0.3 is 5.97 Å². The Morgan fingerprint density at radius 2 is 1.85 bits per heavy atom. The Labute approximate surface area is 202 Å². The fourth-order valence-corrected chi connectivity index (χ4v) is 9.60. The van der Waals surface area contributed by atoms with Crippen LogP contribution in [0.25, 0.3) is 0 Å². The van der Waals surface area contributed by atoms with E-state index in [2.05, 4.69) is 13.8 Å². The summed E-state index contributed by atoms with van der Waals surface area (Å²) in [6.07, 6.45) is 7.44. The van der Waals surface area contributed by atoms with Gasteiger partial charge < -0.3 is 19.7 Å². The Balaban J connectivity index is 1.32. The summed E-state index contributed by atoms with van der Waals surface area (Å²) >= 11 is 0. The van der Waals surface area contributed by atoms with Gasteiger partial charge in [0, 0.05) is 0 Å². The summed E-state index contributed by atoms with van der Waals surface area (Å²) in [7, 11) is 0. The quantitative estimate of drug-likeness (QED) is 0.472. The predicted octanol–water partition coefficient (Wildman–Crippen LogP) is 3.43. The summed E-state index contributed by atoms with van der Waals surface area (Å²) in [4.78, 5) is 25.8. The fraction of sp³-hybridized carbons (Fsp3) is 0.857. The number of epoxide rings is 1. The number of cyclic esters (lactones) is 1. The molecule has 0 amide bonds. The van der Waals surface area contributed by atoms with Crippen molar-refractivity contribution in [3.05, 3.63) is 12.2 Å². The van der Waals surface area contributed by atoms with Gasteiger partial charge in [0.1, 0.15) is 23.4 Å². The van der Waals surface area contributed by atoms with Gasteiger partial charge in [0.05, 0.1) is 17.4 Å². The Bertz CT molecular complexity index is 957. The van der Waals surface area contributed by atoms with E-state index in [1.54, 1.807) is 6.08 Å². The lowest BCUT2D eigenvalue weighted by atomic mass is 9.43. The van der Waals surface area contributed by atoms with Gasteiger partial charge in [0.2, 0.25) is 0 Å². The molecule has 13 atom stereocenters. The summed E-state index contributed by atoms with van der Waals surface area (Å²) in [5.41, 5.74) is -3.17. The third kappa shape index (κ3) is 2.63. The molecule has 0 bridgehead atoms. The highest BCUT2D eigenvalue weighted by molar-refractivity contribution is 5.97. The first-order valence-corrected chi connectivity index (χ1v) is 13.4. The van der Waals surface area contributed by atoms with Crippen LogP contribution in [0.15, 0.2) is 12.2 Å². The molecule has 0 spiro atoms. The number of aliphatic hydroxyl groups is 2. The van der Waals surface area contributed by atoms with Gasteiger partial charge in [-0.25, -0.2) is 0 Å². The maximum absolute atomic E-state index is 13.3. The second-order valence-electron chi connectivity index (χ2n) is 13.2. The van der Waals surface area contributed by atoms with Gasteiger partial charge in [-0.1, -0.05) is 26.8 Å². The predicted molar refractivity (Wildman–Crippen MR) is 124 cm³/mol. The molecular weight excluding hydrogens is 432 g/mol. The first-order valence-electron chi connectivity index (χ1n) is 13.4. The molecule has 0 radical (unpaired) electrons. The summed E-state index contributed by atoms with van der Waals surface area (Å²) in [6, 6.07) is 0. The maximum Gasteiger partial charge on any atom is 0.309 e. The number of allylic oxidation sites excluding steroid dienone is 1. The monoisotopic (exact) mass is 472 g/mol. The zero-order chi connectivity index (χ0) is 24.4. The molecule has 6 aliphatic rings. The molecule has 6 nitrogen and oxygen atoms in total. The van der Waals surface area contributed by atoms with Crippen molar-refractivity contribution in [2.24, 2.45) is 46.3 Å². The number of hydrogen-bond donors (Lipinski definition) is 2. The lowest BCUT2D eigenvalue weighted by Gasteiger charge is -2.60. The first-order chi connectivity index (χ1) is 15.9. The van der Waals surface area contributed by atoms with Crippen molar-refractivity contribution >= 4 is 11.8 Å². The van der Waals surface area contributed by atoms with Crippen molar-refractivity contribution in [1.29, 1.82) is 0 Å². The summed E-state index contributed by atoms with van der Waals surface area (Å²) < 4.78 is 12.0. The minimum Gasteiger partial charge on any atom is -0.459 e. The zero-order valence-corrected chi connectivity index (χ0v) is 21.1. The van der Waals surface area contributed by atoms with Gasteiger partial charge in [-0.15, -0.1) is 0 Å². The highest BCUT2D eigenvalue weighted by Crippen LogP contribution is 2.72. The van der Waals surface area contributed by atoms with Crippen molar-refractivity contribution in [3.8, 4) is 0 Å². The third-order valence-electron chi connectivity index (χ3n) is 12.0. The van der Waals surface area contributed by atoms with Crippen LogP contribution in [0.2, 0.25) is 0 Å². The molecule has 6 rings (SSSR count). The normalized spacial score (nSPS) is 57.6. The molecule has 0 aromatic heterocycles. The van der Waals surface area contributed by atoms with Gasteiger partial charge in [-0.2, -0.15) is 0 Å². The number of rotatable bonds is 2. The Hall–Kier alpha value is -1.24. The van der Waals surface area contributed by atoms with Crippen LogP contribution in [0.5, 0.6) is 0 Å². The number of ketones is 1. The van der Waals surface area contributed by atoms with E-state index in [-0.39, 0.29) is 59.0 Å². The smallest absolute Gasteiger partial charge is 0.309 e. The largest absolute Gasteiger partial charge is 0.459 e. The molecule has 13 unspecified atom stereocenters. The molecular formula is C28H40O6. The number of carbonyl (C=O) groups is 2. The van der Waals surface area contributed by atoms with E-state index < -0.39 is 22.7 Å². The molecule has 2 heterocycles. The third-order valence-corrected chi connectivity index (χ3v) is 12.0. The number of fused-ring (bicyclic) bond motifs is 8. The van der Waals surface area contributed by atoms with E-state index in [0.29, 0.717) is 18.8 Å². The summed E-state index contributed by atoms with van der Waals surface area (Å²) in [6.45, 7) is 10.1. The Kier molecular flexibility index (Phi) is 4.74. The lowest BCUT2D eigenvalue weighted by molar-refractivity contribution is -0.206. The van der Waals surface area contributed by atoms with Gasteiger partial charge in [0.25, 0.3) is 0 Å². The molecule has 2 N–H and O–H groups in total. The van der Waals surface area contributed by atoms with Crippen LogP contribution < -0.4 is 0 Å². The summed E-state index contributed by atoms with van der Waals surface area (Å²) in [5.74, 6) is 0.484. The van der Waals surface area contributed by atoms with Crippen LogP contribution in [-0.4, -0.2) is 51.5 Å². The molecule has 2 aliphatic heterocycles. The van der Waals surface area contributed by atoms with Crippen molar-refractivity contribution in [3.63, 3.8) is 0 Å². The van der Waals surface area contributed by atoms with E-state index >= 15 is 0 Å². The van der Waals surface area contributed by atoms with Crippen molar-refractivity contribution in [2.75, 3.05) is 0 Å². The average Bonchev–Trinajstić information content (AvgIpc) is 3.49.